The van der Waals surface area contributed by atoms with Gasteiger partial charge in [0.15, 0.2) is 0 Å². The second-order valence-electron chi connectivity index (χ2n) is 29.2. The second-order valence-corrected chi connectivity index (χ2v) is 29.2. The van der Waals surface area contributed by atoms with Crippen LogP contribution in [0.15, 0.2) is 58.5 Å². The molecule has 0 bridgehead atoms. The molecule has 2 aromatic rings. The first kappa shape index (κ1) is 87.8. The van der Waals surface area contributed by atoms with Crippen molar-refractivity contribution in [3.05, 3.63) is 59.7 Å². The maximum Gasteiger partial charge on any atom is 2.00 e. The second kappa shape index (κ2) is 73.1. The first-order valence-electron chi connectivity index (χ1n) is 42.0. The summed E-state index contributed by atoms with van der Waals surface area (Å²) in [4.78, 5) is 10.7. The summed E-state index contributed by atoms with van der Waals surface area (Å²) in [6.07, 6.45) is 96.2. The number of rotatable bonds is 71. The Kier molecular flexibility index (Phi) is 69.8. The monoisotopic (exact) mass is 1310 g/mol. The Labute approximate surface area is 587 Å². The van der Waals surface area contributed by atoms with Crippen LogP contribution in [0.3, 0.4) is 0 Å². The average Bonchev–Trinajstić information content (AvgIpc) is 1.89. The van der Waals surface area contributed by atoms with Crippen LogP contribution in [0.25, 0.3) is 0 Å². The van der Waals surface area contributed by atoms with Gasteiger partial charge in [0.1, 0.15) is 5.71 Å². The van der Waals surface area contributed by atoms with Gasteiger partial charge in [-0.15, -0.1) is 0 Å². The molecular weight excluding hydrogens is 1160 g/mol. The Balaban J connectivity index is 0.0000423. The van der Waals surface area contributed by atoms with Gasteiger partial charge in [0.05, 0.1) is 17.1 Å². The van der Waals surface area contributed by atoms with Gasteiger partial charge in [0, 0.05) is 6.42 Å². The molecule has 0 fully saturated rings. The molecule has 0 unspecified atom stereocenters. The molecule has 2 nitrogen and oxygen atoms in total. The van der Waals surface area contributed by atoms with E-state index in [4.69, 9.17) is 9.98 Å². The molecule has 92 heavy (non-hydrogen) atoms. The number of aliphatic imine (C=N–C) groups is 2. The molecule has 0 saturated carbocycles. The van der Waals surface area contributed by atoms with Crippen molar-refractivity contribution in [3.8, 4) is 11.8 Å². The Bertz CT molecular complexity index is 1880. The van der Waals surface area contributed by atoms with E-state index in [0.717, 1.165) is 54.9 Å². The van der Waals surface area contributed by atoms with Gasteiger partial charge in [-0.05, 0) is 86.3 Å². The molecule has 0 N–H and O–H groups in total. The molecule has 0 aromatic heterocycles. The van der Waals surface area contributed by atoms with Crippen molar-refractivity contribution in [2.45, 2.75) is 471 Å². The fourth-order valence-electron chi connectivity index (χ4n) is 13.8. The molecule has 3 heteroatoms. The topological polar surface area (TPSA) is 24.7 Å². The SMILES string of the molecule is CCCCCCCCCCCCCCCCCCCCCCCC#CC(=Nc1ccc(CCCCCCCCCCCCCCCCCCCCCCC)cc1)C(CCCC)=Nc1ccc(CCCCCCCCCCCCCCCCCCCCCCC)cc1.[Ni+2]. The summed E-state index contributed by atoms with van der Waals surface area (Å²) < 4.78 is 0. The van der Waals surface area contributed by atoms with E-state index in [1.165, 1.54) is 422 Å². The molecule has 0 radical (unpaired) electrons. The minimum Gasteiger partial charge on any atom is -0.251 e. The number of hydrogen-bond acceptors (Lipinski definition) is 2. The standard InChI is InChI=1S/C89H158N2.Ni/c1-5-9-13-16-19-22-25-28-31-34-37-40-41-44-47-50-53-56-59-62-65-68-71-75-89(91-87-82-78-85(79-83-87)73-70-67-64-61-58-55-52-49-46-43-39-36-33-30-27-24-21-18-15-11-7-3)88(74-12-8-4)90-86-80-76-84(77-81-86)72-69-66-63-60-57-54-51-48-45-42-38-35-32-29-26-23-20-17-14-10-6-2;/h76-83H,5-70,72-74H2,1-4H3;/q;+2. The maximum absolute atomic E-state index is 5.35. The van der Waals surface area contributed by atoms with Crippen LogP contribution in [-0.2, 0) is 29.3 Å². The third-order valence-electron chi connectivity index (χ3n) is 20.2. The minimum absolute atomic E-state index is 0. The van der Waals surface area contributed by atoms with E-state index in [2.05, 4.69) is 88.1 Å². The van der Waals surface area contributed by atoms with Gasteiger partial charge in [-0.3, -0.25) is 4.99 Å². The predicted molar refractivity (Wildman–Crippen MR) is 414 cm³/mol. The van der Waals surface area contributed by atoms with Crippen molar-refractivity contribution in [1.82, 2.24) is 0 Å². The summed E-state index contributed by atoms with van der Waals surface area (Å²) in [6, 6.07) is 18.3. The molecule has 0 aliphatic rings. The van der Waals surface area contributed by atoms with E-state index in [0.29, 0.717) is 0 Å². The molecule has 2 aromatic carbocycles. The van der Waals surface area contributed by atoms with Gasteiger partial charge in [-0.1, -0.05) is 450 Å². The van der Waals surface area contributed by atoms with Crippen LogP contribution in [-0.4, -0.2) is 11.4 Å². The van der Waals surface area contributed by atoms with Gasteiger partial charge < -0.3 is 0 Å². The number of aryl methyl sites for hydroxylation is 2. The van der Waals surface area contributed by atoms with E-state index < -0.39 is 0 Å². The fraction of sp³-hybridized carbons (Fsp3) is 0.820. The molecule has 0 aliphatic heterocycles. The molecule has 0 heterocycles. The summed E-state index contributed by atoms with van der Waals surface area (Å²) in [7, 11) is 0. The average molecular weight is 1310 g/mol. The van der Waals surface area contributed by atoms with Gasteiger partial charge in [-0.25, -0.2) is 4.99 Å². The van der Waals surface area contributed by atoms with Gasteiger partial charge in [0.25, 0.3) is 0 Å². The molecule has 0 atom stereocenters. The molecule has 0 spiro atoms. The van der Waals surface area contributed by atoms with Crippen molar-refractivity contribution in [2.75, 3.05) is 0 Å². The zero-order valence-electron chi connectivity index (χ0n) is 62.6. The van der Waals surface area contributed by atoms with Crippen LogP contribution in [0.5, 0.6) is 0 Å². The number of hydrogen-bond donors (Lipinski definition) is 0. The van der Waals surface area contributed by atoms with Crippen LogP contribution >= 0.6 is 0 Å². The molecular formula is C89H158N2Ni+2. The first-order valence-corrected chi connectivity index (χ1v) is 42.0. The number of nitrogens with zero attached hydrogens (tertiary/aromatic N) is 2. The van der Waals surface area contributed by atoms with Crippen molar-refractivity contribution >= 4 is 22.8 Å². The Morgan fingerprint density at radius 2 is 0.446 bits per heavy atom. The Morgan fingerprint density at radius 1 is 0.239 bits per heavy atom. The first-order chi connectivity index (χ1) is 45.2. The molecule has 532 valence electrons. The summed E-state index contributed by atoms with van der Waals surface area (Å²) in [6.45, 7) is 9.23. The summed E-state index contributed by atoms with van der Waals surface area (Å²) in [5.41, 5.74) is 6.84. The van der Waals surface area contributed by atoms with Gasteiger partial charge >= 0.3 is 16.5 Å². The molecule has 0 aliphatic carbocycles. The predicted octanol–water partition coefficient (Wildman–Crippen LogP) is 31.8. The summed E-state index contributed by atoms with van der Waals surface area (Å²) in [5.74, 6) is 7.24. The molecule has 0 amide bonds. The quantitative estimate of drug-likeness (QED) is 0.0273. The van der Waals surface area contributed by atoms with Crippen LogP contribution < -0.4 is 0 Å². The van der Waals surface area contributed by atoms with Crippen LogP contribution in [0.1, 0.15) is 469 Å². The smallest absolute Gasteiger partial charge is 0.251 e. The van der Waals surface area contributed by atoms with Crippen LogP contribution in [0, 0.1) is 11.8 Å². The zero-order chi connectivity index (χ0) is 64.7. The van der Waals surface area contributed by atoms with E-state index in [1.54, 1.807) is 0 Å². The Morgan fingerprint density at radius 3 is 0.685 bits per heavy atom. The van der Waals surface area contributed by atoms with Gasteiger partial charge in [0.2, 0.25) is 0 Å². The third kappa shape index (κ3) is 60.3. The summed E-state index contributed by atoms with van der Waals surface area (Å²) in [5, 5.41) is 0. The van der Waals surface area contributed by atoms with Crippen LogP contribution in [0.4, 0.5) is 11.4 Å². The summed E-state index contributed by atoms with van der Waals surface area (Å²) >= 11 is 0. The van der Waals surface area contributed by atoms with Gasteiger partial charge in [-0.2, -0.15) is 0 Å². The van der Waals surface area contributed by atoms with E-state index in [-0.39, 0.29) is 16.5 Å². The number of benzene rings is 2. The third-order valence-corrected chi connectivity index (χ3v) is 20.2. The molecule has 2 rings (SSSR count). The minimum atomic E-state index is 0. The number of unbranched alkanes of at least 4 members (excludes halogenated alkanes) is 62. The molecule has 0 saturated heterocycles. The van der Waals surface area contributed by atoms with E-state index in [1.807, 2.05) is 0 Å². The van der Waals surface area contributed by atoms with Crippen molar-refractivity contribution in [1.29, 1.82) is 0 Å². The van der Waals surface area contributed by atoms with Crippen molar-refractivity contribution in [3.63, 3.8) is 0 Å². The van der Waals surface area contributed by atoms with Crippen LogP contribution in [0.2, 0.25) is 0 Å². The normalized spacial score (nSPS) is 11.8. The van der Waals surface area contributed by atoms with Crippen molar-refractivity contribution in [2.24, 2.45) is 9.98 Å². The van der Waals surface area contributed by atoms with Crippen molar-refractivity contribution < 1.29 is 16.5 Å². The maximum atomic E-state index is 5.35. The fourth-order valence-corrected chi connectivity index (χ4v) is 13.8. The Hall–Kier alpha value is -2.17. The van der Waals surface area contributed by atoms with E-state index >= 15 is 0 Å². The largest absolute Gasteiger partial charge is 2.00 e. The van der Waals surface area contributed by atoms with E-state index in [9.17, 15) is 0 Å². The zero-order valence-corrected chi connectivity index (χ0v) is 63.6.